The Labute approximate surface area is 157 Å². The maximum atomic E-state index is 12.3. The van der Waals surface area contributed by atoms with Crippen LogP contribution in [0, 0.1) is 0 Å². The first kappa shape index (κ1) is 19.7. The molecule has 2 heterocycles. The van der Waals surface area contributed by atoms with E-state index in [9.17, 15) is 13.2 Å². The number of nitrogens with one attached hydrogen (secondary N) is 3. The molecule has 0 bridgehead atoms. The van der Waals surface area contributed by atoms with E-state index in [1.54, 1.807) is 41.8 Å². The van der Waals surface area contributed by atoms with Crippen LogP contribution in [0.15, 0.2) is 46.0 Å². The van der Waals surface area contributed by atoms with E-state index in [2.05, 4.69) is 15.4 Å². The smallest absolute Gasteiger partial charge is 0.271 e. The Kier molecular flexibility index (Phi) is 6.83. The van der Waals surface area contributed by atoms with E-state index >= 15 is 0 Å². The quantitative estimate of drug-likeness (QED) is 0.718. The van der Waals surface area contributed by atoms with Gasteiger partial charge in [-0.25, -0.2) is 8.42 Å². The number of benzene rings is 1. The van der Waals surface area contributed by atoms with Crippen LogP contribution in [-0.4, -0.2) is 33.5 Å². The van der Waals surface area contributed by atoms with Gasteiger partial charge in [-0.1, -0.05) is 12.1 Å². The van der Waals surface area contributed by atoms with Gasteiger partial charge in [0, 0.05) is 23.8 Å². The highest BCUT2D eigenvalue weighted by Crippen LogP contribution is 2.21. The van der Waals surface area contributed by atoms with Crippen LogP contribution >= 0.6 is 23.7 Å². The highest BCUT2D eigenvalue weighted by atomic mass is 35.5. The first-order chi connectivity index (χ1) is 11.5. The van der Waals surface area contributed by atoms with Crippen molar-refractivity contribution in [2.45, 2.75) is 23.1 Å². The number of carbonyl (C=O) groups is 1. The standard InChI is InChI=1S/C16H19N3O3S2.ClH/c20-16(18-14-6-2-8-17-11-14)12-4-1-5-13(10-12)19-24(21,22)15-7-3-9-23-15;/h1,3-5,7,9-10,14,17,19H,2,6,8,11H2,(H,18,20);1H. The van der Waals surface area contributed by atoms with Crippen molar-refractivity contribution in [3.05, 3.63) is 47.3 Å². The van der Waals surface area contributed by atoms with Crippen LogP contribution in [0.3, 0.4) is 0 Å². The number of amides is 1. The predicted molar refractivity (Wildman–Crippen MR) is 102 cm³/mol. The summed E-state index contributed by atoms with van der Waals surface area (Å²) in [5, 5.41) is 7.93. The molecule has 0 radical (unpaired) electrons. The second-order valence-corrected chi connectivity index (χ2v) is 8.49. The molecule has 1 unspecified atom stereocenters. The summed E-state index contributed by atoms with van der Waals surface area (Å²) in [7, 11) is -3.61. The van der Waals surface area contributed by atoms with Crippen molar-refractivity contribution < 1.29 is 13.2 Å². The molecule has 0 spiro atoms. The van der Waals surface area contributed by atoms with Gasteiger partial charge in [0.05, 0.1) is 0 Å². The number of hydrogen-bond donors (Lipinski definition) is 3. The first-order valence-corrected chi connectivity index (χ1v) is 10.1. The topological polar surface area (TPSA) is 87.3 Å². The molecule has 136 valence electrons. The average Bonchev–Trinajstić information content (AvgIpc) is 3.11. The molecule has 25 heavy (non-hydrogen) atoms. The Bertz CT molecular complexity index is 804. The second kappa shape index (κ2) is 8.66. The summed E-state index contributed by atoms with van der Waals surface area (Å²) in [4.78, 5) is 12.3. The number of rotatable bonds is 5. The zero-order valence-corrected chi connectivity index (χ0v) is 15.8. The van der Waals surface area contributed by atoms with Crippen molar-refractivity contribution in [2.75, 3.05) is 17.8 Å². The summed E-state index contributed by atoms with van der Waals surface area (Å²) in [5.74, 6) is -0.194. The number of anilines is 1. The Hall–Kier alpha value is -1.61. The van der Waals surface area contributed by atoms with Crippen molar-refractivity contribution in [1.82, 2.24) is 10.6 Å². The van der Waals surface area contributed by atoms with Gasteiger partial charge in [0.15, 0.2) is 0 Å². The lowest BCUT2D eigenvalue weighted by Gasteiger charge is -2.23. The van der Waals surface area contributed by atoms with Gasteiger partial charge in [-0.05, 0) is 49.0 Å². The molecule has 0 aliphatic carbocycles. The average molecular weight is 402 g/mol. The van der Waals surface area contributed by atoms with Crippen LogP contribution < -0.4 is 15.4 Å². The highest BCUT2D eigenvalue weighted by Gasteiger charge is 2.18. The summed E-state index contributed by atoms with van der Waals surface area (Å²) in [6.07, 6.45) is 1.98. The van der Waals surface area contributed by atoms with Gasteiger partial charge in [0.2, 0.25) is 0 Å². The normalized spacial score (nSPS) is 17.4. The number of hydrogen-bond acceptors (Lipinski definition) is 5. The molecule has 1 aliphatic rings. The Morgan fingerprint density at radius 2 is 2.08 bits per heavy atom. The van der Waals surface area contributed by atoms with Gasteiger partial charge < -0.3 is 10.6 Å². The van der Waals surface area contributed by atoms with E-state index in [1.807, 2.05) is 0 Å². The summed E-state index contributed by atoms with van der Waals surface area (Å²) >= 11 is 1.15. The summed E-state index contributed by atoms with van der Waals surface area (Å²) in [5.41, 5.74) is 0.810. The maximum Gasteiger partial charge on any atom is 0.271 e. The third-order valence-electron chi connectivity index (χ3n) is 3.77. The fraction of sp³-hybridized carbons (Fsp3) is 0.312. The fourth-order valence-corrected chi connectivity index (χ4v) is 4.63. The van der Waals surface area contributed by atoms with Gasteiger partial charge in [-0.2, -0.15) is 0 Å². The molecule has 1 aromatic heterocycles. The molecule has 3 N–H and O–H groups in total. The van der Waals surface area contributed by atoms with E-state index in [4.69, 9.17) is 0 Å². The maximum absolute atomic E-state index is 12.3. The SMILES string of the molecule is Cl.O=C(NC1CCCNC1)c1cccc(NS(=O)(=O)c2cccs2)c1. The van der Waals surface area contributed by atoms with Crippen LogP contribution in [0.4, 0.5) is 5.69 Å². The number of thiophene rings is 1. The molecule has 2 aromatic rings. The Morgan fingerprint density at radius 3 is 2.76 bits per heavy atom. The van der Waals surface area contributed by atoms with Crippen LogP contribution in [0.2, 0.25) is 0 Å². The molecule has 1 aromatic carbocycles. The minimum absolute atomic E-state index is 0. The number of piperidine rings is 1. The molecule has 1 fully saturated rings. The molecule has 1 atom stereocenters. The van der Waals surface area contributed by atoms with Gasteiger partial charge in [-0.3, -0.25) is 9.52 Å². The molecule has 9 heteroatoms. The van der Waals surface area contributed by atoms with Crippen molar-refractivity contribution in [3.63, 3.8) is 0 Å². The Balaban J connectivity index is 0.00000225. The zero-order valence-electron chi connectivity index (χ0n) is 13.4. The molecule has 1 aliphatic heterocycles. The van der Waals surface area contributed by atoms with Crippen molar-refractivity contribution in [2.24, 2.45) is 0 Å². The summed E-state index contributed by atoms with van der Waals surface area (Å²) in [6.45, 7) is 1.74. The molecule has 0 saturated carbocycles. The molecular formula is C16H20ClN3O3S2. The van der Waals surface area contributed by atoms with E-state index < -0.39 is 10.0 Å². The van der Waals surface area contributed by atoms with Crippen molar-refractivity contribution in [1.29, 1.82) is 0 Å². The van der Waals surface area contributed by atoms with E-state index in [0.717, 1.165) is 37.3 Å². The third-order valence-corrected chi connectivity index (χ3v) is 6.55. The minimum atomic E-state index is -3.61. The fourth-order valence-electron chi connectivity index (χ4n) is 2.59. The molecule has 1 saturated heterocycles. The van der Waals surface area contributed by atoms with Crippen LogP contribution in [0.1, 0.15) is 23.2 Å². The first-order valence-electron chi connectivity index (χ1n) is 7.72. The Morgan fingerprint density at radius 1 is 1.24 bits per heavy atom. The van der Waals surface area contributed by atoms with E-state index in [1.165, 1.54) is 0 Å². The lowest BCUT2D eigenvalue weighted by molar-refractivity contribution is 0.0930. The lowest BCUT2D eigenvalue weighted by Crippen LogP contribution is -2.45. The van der Waals surface area contributed by atoms with Crippen molar-refractivity contribution >= 4 is 45.4 Å². The van der Waals surface area contributed by atoms with Gasteiger partial charge in [-0.15, -0.1) is 23.7 Å². The molecule has 3 rings (SSSR count). The molecule has 1 amide bonds. The number of halogens is 1. The second-order valence-electron chi connectivity index (χ2n) is 5.64. The number of carbonyl (C=O) groups excluding carboxylic acids is 1. The van der Waals surface area contributed by atoms with Crippen molar-refractivity contribution in [3.8, 4) is 0 Å². The van der Waals surface area contributed by atoms with Gasteiger partial charge in [0.1, 0.15) is 4.21 Å². The summed E-state index contributed by atoms with van der Waals surface area (Å²) in [6, 6.07) is 9.86. The minimum Gasteiger partial charge on any atom is -0.348 e. The van der Waals surface area contributed by atoms with Crippen LogP contribution in [0.25, 0.3) is 0 Å². The molecular weight excluding hydrogens is 382 g/mol. The zero-order chi connectivity index (χ0) is 17.0. The molecule has 6 nitrogen and oxygen atoms in total. The lowest BCUT2D eigenvalue weighted by atomic mass is 10.1. The summed E-state index contributed by atoms with van der Waals surface area (Å²) < 4.78 is 27.3. The van der Waals surface area contributed by atoms with Crippen LogP contribution in [-0.2, 0) is 10.0 Å². The van der Waals surface area contributed by atoms with E-state index in [-0.39, 0.29) is 28.6 Å². The largest absolute Gasteiger partial charge is 0.348 e. The van der Waals surface area contributed by atoms with Gasteiger partial charge >= 0.3 is 0 Å². The third kappa shape index (κ3) is 5.18. The number of sulfonamides is 1. The predicted octanol–water partition coefficient (Wildman–Crippen LogP) is 2.45. The monoisotopic (exact) mass is 401 g/mol. The highest BCUT2D eigenvalue weighted by molar-refractivity contribution is 7.94. The van der Waals surface area contributed by atoms with E-state index in [0.29, 0.717) is 11.3 Å². The van der Waals surface area contributed by atoms with Crippen LogP contribution in [0.5, 0.6) is 0 Å². The van der Waals surface area contributed by atoms with Gasteiger partial charge in [0.25, 0.3) is 15.9 Å².